The summed E-state index contributed by atoms with van der Waals surface area (Å²) in [6, 6.07) is 9.36. The largest absolute Gasteiger partial charge is 0.402 e. The Hall–Kier alpha value is -3.11. The molecule has 1 aromatic heterocycles. The van der Waals surface area contributed by atoms with Gasteiger partial charge in [0, 0.05) is 41.9 Å². The van der Waals surface area contributed by atoms with Crippen molar-refractivity contribution in [3.63, 3.8) is 0 Å². The molecule has 0 aliphatic carbocycles. The summed E-state index contributed by atoms with van der Waals surface area (Å²) < 4.78 is 0. The van der Waals surface area contributed by atoms with Crippen LogP contribution >= 0.6 is 11.8 Å². The molecular weight excluding hydrogens is 462 g/mol. The second-order valence-electron chi connectivity index (χ2n) is 9.24. The molecule has 0 spiro atoms. The van der Waals surface area contributed by atoms with E-state index in [1.54, 1.807) is 13.0 Å². The molecule has 1 aliphatic heterocycles. The summed E-state index contributed by atoms with van der Waals surface area (Å²) in [6.07, 6.45) is 3.76. The maximum absolute atomic E-state index is 11.6. The Balaban J connectivity index is 1.86. The summed E-state index contributed by atoms with van der Waals surface area (Å²) in [6.45, 7) is 8.86. The van der Waals surface area contributed by atoms with Gasteiger partial charge < -0.3 is 26.8 Å². The van der Waals surface area contributed by atoms with Crippen LogP contribution in [0.2, 0.25) is 0 Å². The van der Waals surface area contributed by atoms with Crippen LogP contribution in [-0.2, 0) is 4.79 Å². The van der Waals surface area contributed by atoms with Gasteiger partial charge in [-0.3, -0.25) is 4.79 Å². The Morgan fingerprint density at radius 3 is 2.49 bits per heavy atom. The maximum Gasteiger partial charge on any atom is 0.224 e. The predicted molar refractivity (Wildman–Crippen MR) is 142 cm³/mol. The van der Waals surface area contributed by atoms with Gasteiger partial charge in [0.05, 0.1) is 5.60 Å². The fraction of sp³-hybridized carbons (Fsp3) is 0.440. The number of nitrogens with two attached hydrogens (primary N) is 2. The molecule has 0 bridgehead atoms. The molecule has 0 unspecified atom stereocenters. The summed E-state index contributed by atoms with van der Waals surface area (Å²) in [5, 5.41) is 13.8. The zero-order valence-electron chi connectivity index (χ0n) is 20.8. The standard InChI is InChI=1S/C25H35N7O2S/c1-5-23(33)28-18-6-8-19(9-7-18)35-24-30-21(29-20(27)14-16(2)26)15-22(31-24)32-12-10-17(11-13-32)25(3,4)34/h6-9,14-15,17,34H,5,10-13,26H2,1-4H3,(H,28,33)(H2,27,29,30,31)/b16-14-. The van der Waals surface area contributed by atoms with Crippen molar-refractivity contribution in [3.05, 3.63) is 42.1 Å². The van der Waals surface area contributed by atoms with E-state index in [2.05, 4.69) is 20.2 Å². The van der Waals surface area contributed by atoms with E-state index in [1.165, 1.54) is 11.8 Å². The van der Waals surface area contributed by atoms with Crippen LogP contribution < -0.4 is 21.7 Å². The van der Waals surface area contributed by atoms with Gasteiger partial charge >= 0.3 is 0 Å². The average molecular weight is 498 g/mol. The SMILES string of the molecule is CCC(=O)Nc1ccc(Sc2nc(/N=C(N)/C=C(/C)N)cc(N3CCC(C(C)(C)O)CC3)n2)cc1. The number of carbonyl (C=O) groups is 1. The first-order valence-corrected chi connectivity index (χ1v) is 12.6. The average Bonchev–Trinajstić information content (AvgIpc) is 2.79. The number of hydrogen-bond donors (Lipinski definition) is 4. The third kappa shape index (κ3) is 7.97. The molecule has 0 saturated carbocycles. The van der Waals surface area contributed by atoms with Gasteiger partial charge in [0.25, 0.3) is 0 Å². The van der Waals surface area contributed by atoms with Crippen LogP contribution in [0.25, 0.3) is 0 Å². The number of carbonyl (C=O) groups excluding carboxylic acids is 1. The number of anilines is 2. The van der Waals surface area contributed by atoms with E-state index in [9.17, 15) is 9.90 Å². The Morgan fingerprint density at radius 2 is 1.91 bits per heavy atom. The number of amidine groups is 1. The molecular formula is C25H35N7O2S. The van der Waals surface area contributed by atoms with Crippen LogP contribution in [0.15, 0.2) is 57.1 Å². The topological polar surface area (TPSA) is 143 Å². The fourth-order valence-corrected chi connectivity index (χ4v) is 4.60. The van der Waals surface area contributed by atoms with Crippen molar-refractivity contribution in [3.8, 4) is 0 Å². The lowest BCUT2D eigenvalue weighted by Crippen LogP contribution is -2.42. The molecule has 1 saturated heterocycles. The first kappa shape index (κ1) is 26.5. The number of piperidine rings is 1. The van der Waals surface area contributed by atoms with Crippen LogP contribution in [0.1, 0.15) is 47.0 Å². The van der Waals surface area contributed by atoms with Crippen molar-refractivity contribution in [1.82, 2.24) is 9.97 Å². The second-order valence-corrected chi connectivity index (χ2v) is 10.3. The van der Waals surface area contributed by atoms with Gasteiger partial charge in [-0.25, -0.2) is 15.0 Å². The van der Waals surface area contributed by atoms with Crippen molar-refractivity contribution < 1.29 is 9.90 Å². The number of nitrogens with one attached hydrogen (secondary N) is 1. The highest BCUT2D eigenvalue weighted by Gasteiger charge is 2.31. The fourth-order valence-electron chi connectivity index (χ4n) is 3.84. The number of nitrogens with zero attached hydrogens (tertiary/aromatic N) is 4. The van der Waals surface area contributed by atoms with E-state index >= 15 is 0 Å². The van der Waals surface area contributed by atoms with Crippen molar-refractivity contribution in [2.75, 3.05) is 23.3 Å². The van der Waals surface area contributed by atoms with Crippen molar-refractivity contribution in [2.45, 2.75) is 62.6 Å². The molecule has 3 rings (SSSR count). The third-order valence-corrected chi connectivity index (χ3v) is 6.66. The zero-order chi connectivity index (χ0) is 25.6. The third-order valence-electron chi connectivity index (χ3n) is 5.78. The van der Waals surface area contributed by atoms with Gasteiger partial charge in [-0.2, -0.15) is 0 Å². The Labute approximate surface area is 211 Å². The monoisotopic (exact) mass is 497 g/mol. The zero-order valence-corrected chi connectivity index (χ0v) is 21.6. The van der Waals surface area contributed by atoms with Gasteiger partial charge in [-0.05, 0) is 81.6 Å². The Kier molecular flexibility index (Phi) is 8.74. The van der Waals surface area contributed by atoms with E-state index in [1.807, 2.05) is 51.1 Å². The van der Waals surface area contributed by atoms with E-state index in [4.69, 9.17) is 16.5 Å². The Bertz CT molecular complexity index is 1080. The number of aliphatic imine (C=N–C) groups is 1. The molecule has 35 heavy (non-hydrogen) atoms. The lowest BCUT2D eigenvalue weighted by molar-refractivity contribution is -0.115. The molecule has 10 heteroatoms. The second kappa shape index (κ2) is 11.5. The van der Waals surface area contributed by atoms with Crippen molar-refractivity contribution in [2.24, 2.45) is 22.4 Å². The molecule has 1 fully saturated rings. The maximum atomic E-state index is 11.6. The number of benzene rings is 1. The van der Waals surface area contributed by atoms with E-state index in [0.717, 1.165) is 42.3 Å². The van der Waals surface area contributed by atoms with Gasteiger partial charge in [0.1, 0.15) is 11.7 Å². The van der Waals surface area contributed by atoms with Gasteiger partial charge in [-0.15, -0.1) is 0 Å². The number of hydrogen-bond acceptors (Lipinski definition) is 8. The lowest BCUT2D eigenvalue weighted by atomic mass is 9.83. The molecule has 9 nitrogen and oxygen atoms in total. The summed E-state index contributed by atoms with van der Waals surface area (Å²) >= 11 is 1.41. The first-order chi connectivity index (χ1) is 16.5. The number of rotatable bonds is 8. The molecule has 6 N–H and O–H groups in total. The number of aromatic nitrogens is 2. The minimum atomic E-state index is -0.697. The smallest absolute Gasteiger partial charge is 0.224 e. The summed E-state index contributed by atoms with van der Waals surface area (Å²) in [5.41, 5.74) is 12.4. The normalized spacial score (nSPS) is 15.9. The number of aliphatic hydroxyl groups is 1. The van der Waals surface area contributed by atoms with E-state index in [-0.39, 0.29) is 17.7 Å². The lowest BCUT2D eigenvalue weighted by Gasteiger charge is -2.38. The van der Waals surface area contributed by atoms with Crippen molar-refractivity contribution in [1.29, 1.82) is 0 Å². The van der Waals surface area contributed by atoms with Gasteiger partial charge in [0.2, 0.25) is 5.91 Å². The molecule has 0 atom stereocenters. The van der Waals surface area contributed by atoms with Crippen LogP contribution in [0.3, 0.4) is 0 Å². The molecule has 0 radical (unpaired) electrons. The van der Waals surface area contributed by atoms with Crippen molar-refractivity contribution >= 4 is 40.8 Å². The highest BCUT2D eigenvalue weighted by molar-refractivity contribution is 7.99. The summed E-state index contributed by atoms with van der Waals surface area (Å²) in [5.74, 6) is 1.69. The van der Waals surface area contributed by atoms with Gasteiger partial charge in [0.15, 0.2) is 11.0 Å². The van der Waals surface area contributed by atoms with Crippen LogP contribution in [0.5, 0.6) is 0 Å². The molecule has 2 heterocycles. The number of allylic oxidation sites excluding steroid dienone is 1. The quantitative estimate of drug-likeness (QED) is 0.245. The first-order valence-electron chi connectivity index (χ1n) is 11.8. The molecule has 1 aromatic carbocycles. The predicted octanol–water partition coefficient (Wildman–Crippen LogP) is 3.81. The molecule has 1 aliphatic rings. The van der Waals surface area contributed by atoms with Gasteiger partial charge in [-0.1, -0.05) is 6.92 Å². The summed E-state index contributed by atoms with van der Waals surface area (Å²) in [4.78, 5) is 28.5. The number of amides is 1. The highest BCUT2D eigenvalue weighted by atomic mass is 32.2. The Morgan fingerprint density at radius 1 is 1.26 bits per heavy atom. The highest BCUT2D eigenvalue weighted by Crippen LogP contribution is 2.33. The van der Waals surface area contributed by atoms with E-state index in [0.29, 0.717) is 23.1 Å². The van der Waals surface area contributed by atoms with Crippen LogP contribution in [0.4, 0.5) is 17.3 Å². The minimum absolute atomic E-state index is 0.0309. The van der Waals surface area contributed by atoms with Crippen LogP contribution in [-0.4, -0.2) is 45.5 Å². The van der Waals surface area contributed by atoms with E-state index < -0.39 is 5.60 Å². The summed E-state index contributed by atoms with van der Waals surface area (Å²) in [7, 11) is 0. The van der Waals surface area contributed by atoms with Crippen LogP contribution in [0, 0.1) is 5.92 Å². The molecule has 1 amide bonds. The molecule has 2 aromatic rings. The molecule has 188 valence electrons. The minimum Gasteiger partial charge on any atom is -0.402 e.